The van der Waals surface area contributed by atoms with Gasteiger partial charge in [-0.3, -0.25) is 0 Å². The number of aromatic nitrogens is 2. The van der Waals surface area contributed by atoms with Crippen LogP contribution in [0.1, 0.15) is 39.6 Å². The predicted molar refractivity (Wildman–Crippen MR) is 72.5 cm³/mol. The molecule has 0 aliphatic rings. The molecule has 0 amide bonds. The molecule has 0 radical (unpaired) electrons. The SMILES string of the molecule is CCNC(C)c1nnc(NC(C)CSCC)o1. The molecule has 1 heterocycles. The smallest absolute Gasteiger partial charge is 0.315 e. The topological polar surface area (TPSA) is 63.0 Å². The van der Waals surface area contributed by atoms with E-state index >= 15 is 0 Å². The molecule has 0 aliphatic carbocycles. The van der Waals surface area contributed by atoms with Gasteiger partial charge in [-0.25, -0.2) is 0 Å². The minimum absolute atomic E-state index is 0.100. The normalized spacial score (nSPS) is 14.6. The molecule has 0 bridgehead atoms. The van der Waals surface area contributed by atoms with E-state index in [1.807, 2.05) is 18.7 Å². The van der Waals surface area contributed by atoms with Crippen molar-refractivity contribution in [3.63, 3.8) is 0 Å². The standard InChI is InChI=1S/C11H22N4OS/c1-5-12-9(4)10-14-15-11(16-10)13-8(3)7-17-6-2/h8-9,12H,5-7H2,1-4H3,(H,13,15). The molecule has 0 aliphatic heterocycles. The van der Waals surface area contributed by atoms with Crippen molar-refractivity contribution in [3.8, 4) is 0 Å². The summed E-state index contributed by atoms with van der Waals surface area (Å²) in [7, 11) is 0. The molecule has 0 aromatic carbocycles. The predicted octanol–water partition coefficient (Wildman–Crippen LogP) is 2.29. The Labute approximate surface area is 107 Å². The van der Waals surface area contributed by atoms with Crippen molar-refractivity contribution >= 4 is 17.8 Å². The number of anilines is 1. The van der Waals surface area contributed by atoms with Gasteiger partial charge in [0.05, 0.1) is 6.04 Å². The summed E-state index contributed by atoms with van der Waals surface area (Å²) >= 11 is 1.89. The molecule has 0 saturated carbocycles. The molecular formula is C11H22N4OS. The summed E-state index contributed by atoms with van der Waals surface area (Å²) in [4.78, 5) is 0. The molecule has 0 fully saturated rings. The van der Waals surface area contributed by atoms with Gasteiger partial charge in [-0.2, -0.15) is 11.8 Å². The Bertz CT molecular complexity index is 318. The lowest BCUT2D eigenvalue weighted by molar-refractivity contribution is 0.427. The maximum absolute atomic E-state index is 5.54. The lowest BCUT2D eigenvalue weighted by Gasteiger charge is -2.10. The van der Waals surface area contributed by atoms with Crippen molar-refractivity contribution in [2.45, 2.75) is 39.8 Å². The fourth-order valence-corrected chi connectivity index (χ4v) is 2.08. The van der Waals surface area contributed by atoms with Crippen molar-refractivity contribution < 1.29 is 4.42 Å². The number of hydrogen-bond donors (Lipinski definition) is 2. The molecule has 17 heavy (non-hydrogen) atoms. The molecule has 1 rings (SSSR count). The van der Waals surface area contributed by atoms with E-state index in [1.54, 1.807) is 0 Å². The highest BCUT2D eigenvalue weighted by atomic mass is 32.2. The largest absolute Gasteiger partial charge is 0.406 e. The van der Waals surface area contributed by atoms with Gasteiger partial charge < -0.3 is 15.1 Å². The van der Waals surface area contributed by atoms with Crippen molar-refractivity contribution in [3.05, 3.63) is 5.89 Å². The van der Waals surface area contributed by atoms with Crippen LogP contribution < -0.4 is 10.6 Å². The van der Waals surface area contributed by atoms with E-state index in [-0.39, 0.29) is 6.04 Å². The van der Waals surface area contributed by atoms with Crippen LogP contribution in [-0.2, 0) is 0 Å². The zero-order chi connectivity index (χ0) is 12.7. The van der Waals surface area contributed by atoms with E-state index < -0.39 is 0 Å². The van der Waals surface area contributed by atoms with Gasteiger partial charge in [-0.1, -0.05) is 18.9 Å². The third kappa shape index (κ3) is 4.95. The quantitative estimate of drug-likeness (QED) is 0.746. The first-order valence-corrected chi connectivity index (χ1v) is 7.23. The van der Waals surface area contributed by atoms with Crippen molar-refractivity contribution in [1.82, 2.24) is 15.5 Å². The summed E-state index contributed by atoms with van der Waals surface area (Å²) in [6.07, 6.45) is 0. The molecule has 2 unspecified atom stereocenters. The van der Waals surface area contributed by atoms with Crippen LogP contribution >= 0.6 is 11.8 Å². The van der Waals surface area contributed by atoms with Crippen LogP contribution in [0.4, 0.5) is 6.01 Å². The Hall–Kier alpha value is -0.750. The van der Waals surface area contributed by atoms with Gasteiger partial charge >= 0.3 is 6.01 Å². The van der Waals surface area contributed by atoms with Gasteiger partial charge in [-0.05, 0) is 26.1 Å². The second kappa shape index (κ2) is 7.55. The maximum atomic E-state index is 5.54. The van der Waals surface area contributed by atoms with Crippen molar-refractivity contribution in [1.29, 1.82) is 0 Å². The van der Waals surface area contributed by atoms with E-state index in [1.165, 1.54) is 0 Å². The second-order valence-electron chi connectivity index (χ2n) is 3.93. The zero-order valence-electron chi connectivity index (χ0n) is 11.0. The van der Waals surface area contributed by atoms with E-state index in [2.05, 4.69) is 41.6 Å². The Morgan fingerprint density at radius 1 is 1.29 bits per heavy atom. The number of hydrogen-bond acceptors (Lipinski definition) is 6. The minimum Gasteiger partial charge on any atom is -0.406 e. The highest BCUT2D eigenvalue weighted by molar-refractivity contribution is 7.99. The first-order valence-electron chi connectivity index (χ1n) is 6.08. The summed E-state index contributed by atoms with van der Waals surface area (Å²) in [5, 5.41) is 14.4. The van der Waals surface area contributed by atoms with Crippen LogP contribution in [0, 0.1) is 0 Å². The summed E-state index contributed by atoms with van der Waals surface area (Å²) in [6.45, 7) is 9.21. The number of nitrogens with zero attached hydrogens (tertiary/aromatic N) is 2. The van der Waals surface area contributed by atoms with Crippen LogP contribution in [-0.4, -0.2) is 34.3 Å². The Balaban J connectivity index is 2.44. The Morgan fingerprint density at radius 2 is 2.06 bits per heavy atom. The molecule has 1 aromatic heterocycles. The number of nitrogens with one attached hydrogen (secondary N) is 2. The highest BCUT2D eigenvalue weighted by Crippen LogP contribution is 2.14. The third-order valence-corrected chi connectivity index (χ3v) is 3.41. The fourth-order valence-electron chi connectivity index (χ4n) is 1.41. The number of thioether (sulfide) groups is 1. The average molecular weight is 258 g/mol. The van der Waals surface area contributed by atoms with Gasteiger partial charge in [0.25, 0.3) is 0 Å². The lowest BCUT2D eigenvalue weighted by Crippen LogP contribution is -2.18. The molecule has 0 saturated heterocycles. The van der Waals surface area contributed by atoms with Crippen LogP contribution in [0.2, 0.25) is 0 Å². The highest BCUT2D eigenvalue weighted by Gasteiger charge is 2.13. The molecule has 6 heteroatoms. The molecule has 2 N–H and O–H groups in total. The molecule has 98 valence electrons. The van der Waals surface area contributed by atoms with Gasteiger partial charge in [0.2, 0.25) is 5.89 Å². The second-order valence-corrected chi connectivity index (χ2v) is 5.25. The first kappa shape index (κ1) is 14.3. The van der Waals surface area contributed by atoms with Crippen LogP contribution in [0.25, 0.3) is 0 Å². The minimum atomic E-state index is 0.100. The van der Waals surface area contributed by atoms with Gasteiger partial charge in [0.15, 0.2) is 0 Å². The average Bonchev–Trinajstić information content (AvgIpc) is 2.75. The van der Waals surface area contributed by atoms with Gasteiger partial charge in [0.1, 0.15) is 0 Å². The van der Waals surface area contributed by atoms with Crippen LogP contribution in [0.15, 0.2) is 4.42 Å². The maximum Gasteiger partial charge on any atom is 0.315 e. The van der Waals surface area contributed by atoms with Crippen LogP contribution in [0.3, 0.4) is 0 Å². The Kier molecular flexibility index (Phi) is 6.36. The monoisotopic (exact) mass is 258 g/mol. The van der Waals surface area contributed by atoms with Crippen molar-refractivity contribution in [2.24, 2.45) is 0 Å². The molecule has 2 atom stereocenters. The Morgan fingerprint density at radius 3 is 2.71 bits per heavy atom. The first-order chi connectivity index (χ1) is 8.17. The van der Waals surface area contributed by atoms with Gasteiger partial charge in [-0.15, -0.1) is 5.10 Å². The van der Waals surface area contributed by atoms with E-state index in [0.29, 0.717) is 17.9 Å². The van der Waals surface area contributed by atoms with E-state index in [0.717, 1.165) is 18.1 Å². The fraction of sp³-hybridized carbons (Fsp3) is 0.818. The molecular weight excluding hydrogens is 236 g/mol. The molecule has 0 spiro atoms. The number of rotatable bonds is 8. The zero-order valence-corrected chi connectivity index (χ0v) is 11.8. The van der Waals surface area contributed by atoms with Crippen molar-refractivity contribution in [2.75, 3.05) is 23.4 Å². The van der Waals surface area contributed by atoms with Crippen LogP contribution in [0.5, 0.6) is 0 Å². The third-order valence-electron chi connectivity index (χ3n) is 2.26. The lowest BCUT2D eigenvalue weighted by atomic mass is 10.3. The van der Waals surface area contributed by atoms with E-state index in [4.69, 9.17) is 4.42 Å². The molecule has 5 nitrogen and oxygen atoms in total. The summed E-state index contributed by atoms with van der Waals surface area (Å²) in [5.74, 6) is 2.79. The summed E-state index contributed by atoms with van der Waals surface area (Å²) in [6, 6.07) is 0.944. The summed E-state index contributed by atoms with van der Waals surface area (Å²) < 4.78 is 5.54. The summed E-state index contributed by atoms with van der Waals surface area (Å²) in [5.41, 5.74) is 0. The van der Waals surface area contributed by atoms with E-state index in [9.17, 15) is 0 Å². The molecule has 1 aromatic rings. The van der Waals surface area contributed by atoms with Gasteiger partial charge in [0, 0.05) is 11.8 Å².